The van der Waals surface area contributed by atoms with E-state index in [9.17, 15) is 4.79 Å². The Morgan fingerprint density at radius 1 is 0.963 bits per heavy atom. The second-order valence-corrected chi connectivity index (χ2v) is 8.73. The zero-order valence-corrected chi connectivity index (χ0v) is 17.6. The maximum Gasteiger partial charge on any atom is 0.164 e. The van der Waals surface area contributed by atoms with Crippen LogP contribution in [-0.2, 0) is 11.2 Å². The van der Waals surface area contributed by atoms with Crippen molar-refractivity contribution in [1.29, 1.82) is 0 Å². The van der Waals surface area contributed by atoms with Crippen LogP contribution in [0.2, 0.25) is 0 Å². The van der Waals surface area contributed by atoms with Gasteiger partial charge in [0.1, 0.15) is 0 Å². The first-order valence-electron chi connectivity index (χ1n) is 9.34. The molecule has 140 valence electrons. The summed E-state index contributed by atoms with van der Waals surface area (Å²) in [5, 5.41) is 0. The zero-order valence-electron chi connectivity index (χ0n) is 15.9. The molecule has 0 saturated heterocycles. The summed E-state index contributed by atoms with van der Waals surface area (Å²) < 4.78 is 1.19. The molecule has 0 aliphatic heterocycles. The van der Waals surface area contributed by atoms with Crippen molar-refractivity contribution in [3.63, 3.8) is 0 Å². The standard InChI is InChI=1S/C24H26OS2/c1-26-24(27-2)22-21(16-19-12-7-4-8-13-19)17-20(23(22)25)15-9-14-18-10-5-3-6-11-18/h3-14,20-21H,15-17H2,1-2H3/b14-9+. The van der Waals surface area contributed by atoms with E-state index in [1.165, 1.54) is 15.4 Å². The number of hydrogen-bond acceptors (Lipinski definition) is 3. The van der Waals surface area contributed by atoms with Crippen molar-refractivity contribution in [3.05, 3.63) is 87.7 Å². The number of ketones is 1. The van der Waals surface area contributed by atoms with E-state index in [1.807, 2.05) is 24.3 Å². The molecule has 2 aromatic carbocycles. The van der Waals surface area contributed by atoms with Gasteiger partial charge < -0.3 is 0 Å². The number of carbonyl (C=O) groups excluding carboxylic acids is 1. The first kappa shape index (κ1) is 20.0. The largest absolute Gasteiger partial charge is 0.294 e. The van der Waals surface area contributed by atoms with Gasteiger partial charge in [-0.2, -0.15) is 0 Å². The van der Waals surface area contributed by atoms with Crippen molar-refractivity contribution < 1.29 is 4.79 Å². The molecule has 2 unspecified atom stereocenters. The summed E-state index contributed by atoms with van der Waals surface area (Å²) in [5.74, 6) is 0.778. The van der Waals surface area contributed by atoms with Crippen LogP contribution in [0.15, 0.2) is 76.5 Å². The van der Waals surface area contributed by atoms with E-state index in [1.54, 1.807) is 23.5 Å². The van der Waals surface area contributed by atoms with Crippen LogP contribution in [0.4, 0.5) is 0 Å². The molecular weight excluding hydrogens is 368 g/mol. The maximum absolute atomic E-state index is 13.2. The van der Waals surface area contributed by atoms with Gasteiger partial charge in [-0.25, -0.2) is 0 Å². The lowest BCUT2D eigenvalue weighted by molar-refractivity contribution is -0.117. The van der Waals surface area contributed by atoms with Gasteiger partial charge in [0.25, 0.3) is 0 Å². The average Bonchev–Trinajstić information content (AvgIpc) is 3.00. The van der Waals surface area contributed by atoms with Crippen LogP contribution in [0.1, 0.15) is 24.0 Å². The Morgan fingerprint density at radius 3 is 2.22 bits per heavy atom. The van der Waals surface area contributed by atoms with Crippen LogP contribution in [0.25, 0.3) is 6.08 Å². The van der Waals surface area contributed by atoms with Crippen LogP contribution in [0.3, 0.4) is 0 Å². The molecular formula is C24H26OS2. The summed E-state index contributed by atoms with van der Waals surface area (Å²) in [5.41, 5.74) is 3.57. The molecule has 0 bridgehead atoms. The quantitative estimate of drug-likeness (QED) is 0.501. The van der Waals surface area contributed by atoms with Crippen molar-refractivity contribution in [3.8, 4) is 0 Å². The Balaban J connectivity index is 1.77. The smallest absolute Gasteiger partial charge is 0.164 e. The van der Waals surface area contributed by atoms with E-state index in [4.69, 9.17) is 0 Å². The Kier molecular flexibility index (Phi) is 7.42. The molecule has 1 aliphatic carbocycles. The molecule has 27 heavy (non-hydrogen) atoms. The molecule has 0 N–H and O–H groups in total. The molecule has 2 atom stereocenters. The van der Waals surface area contributed by atoms with Crippen molar-refractivity contribution in [2.24, 2.45) is 11.8 Å². The number of allylic oxidation sites excluding steroid dienone is 2. The topological polar surface area (TPSA) is 17.1 Å². The van der Waals surface area contributed by atoms with E-state index >= 15 is 0 Å². The molecule has 3 rings (SSSR count). The summed E-state index contributed by atoms with van der Waals surface area (Å²) in [6.07, 6.45) is 11.2. The Morgan fingerprint density at radius 2 is 1.59 bits per heavy atom. The lowest BCUT2D eigenvalue weighted by Gasteiger charge is -2.14. The highest BCUT2D eigenvalue weighted by atomic mass is 32.2. The molecule has 1 saturated carbocycles. The van der Waals surface area contributed by atoms with Crippen LogP contribution in [0.5, 0.6) is 0 Å². The van der Waals surface area contributed by atoms with Gasteiger partial charge in [-0.1, -0.05) is 72.8 Å². The minimum absolute atomic E-state index is 0.1000. The third kappa shape index (κ3) is 5.18. The highest BCUT2D eigenvalue weighted by Gasteiger charge is 2.38. The van der Waals surface area contributed by atoms with E-state index in [2.05, 4.69) is 61.1 Å². The van der Waals surface area contributed by atoms with E-state index in [0.717, 1.165) is 24.8 Å². The highest BCUT2D eigenvalue weighted by molar-refractivity contribution is 8.21. The van der Waals surface area contributed by atoms with Crippen molar-refractivity contribution >= 4 is 35.4 Å². The molecule has 1 nitrogen and oxygen atoms in total. The predicted molar refractivity (Wildman–Crippen MR) is 121 cm³/mol. The normalized spacial score (nSPS) is 19.8. The summed E-state index contributed by atoms with van der Waals surface area (Å²) in [6.45, 7) is 0. The molecule has 0 heterocycles. The number of benzene rings is 2. The number of rotatable bonds is 7. The van der Waals surface area contributed by atoms with Gasteiger partial charge in [-0.05, 0) is 48.8 Å². The van der Waals surface area contributed by atoms with Gasteiger partial charge >= 0.3 is 0 Å². The third-order valence-electron chi connectivity index (χ3n) is 5.06. The first-order chi connectivity index (χ1) is 13.2. The maximum atomic E-state index is 13.2. The Labute approximate surface area is 171 Å². The highest BCUT2D eigenvalue weighted by Crippen LogP contribution is 2.43. The fourth-order valence-electron chi connectivity index (χ4n) is 3.78. The molecule has 1 fully saturated rings. The van der Waals surface area contributed by atoms with Gasteiger partial charge in [0, 0.05) is 15.7 Å². The monoisotopic (exact) mass is 394 g/mol. The zero-order chi connectivity index (χ0) is 19.1. The van der Waals surface area contributed by atoms with E-state index < -0.39 is 0 Å². The Hall–Kier alpha value is -1.71. The minimum Gasteiger partial charge on any atom is -0.294 e. The van der Waals surface area contributed by atoms with E-state index in [-0.39, 0.29) is 5.92 Å². The van der Waals surface area contributed by atoms with Gasteiger partial charge in [0.05, 0.1) is 0 Å². The molecule has 0 spiro atoms. The number of carbonyl (C=O) groups is 1. The van der Waals surface area contributed by atoms with Crippen LogP contribution in [-0.4, -0.2) is 18.3 Å². The number of Topliss-reactive ketones (excluding diaryl/α,β-unsaturated/α-hetero) is 1. The van der Waals surface area contributed by atoms with Crippen molar-refractivity contribution in [1.82, 2.24) is 0 Å². The van der Waals surface area contributed by atoms with E-state index in [0.29, 0.717) is 11.7 Å². The van der Waals surface area contributed by atoms with Gasteiger partial charge in [0.2, 0.25) is 0 Å². The van der Waals surface area contributed by atoms with Crippen LogP contribution < -0.4 is 0 Å². The fraction of sp³-hybridized carbons (Fsp3) is 0.292. The first-order valence-corrected chi connectivity index (χ1v) is 11.8. The molecule has 0 radical (unpaired) electrons. The molecule has 1 aliphatic rings. The lowest BCUT2D eigenvalue weighted by atomic mass is 9.94. The average molecular weight is 395 g/mol. The molecule has 0 aromatic heterocycles. The summed E-state index contributed by atoms with van der Waals surface area (Å²) >= 11 is 3.42. The molecule has 2 aromatic rings. The molecule has 0 amide bonds. The number of hydrogen-bond donors (Lipinski definition) is 0. The van der Waals surface area contributed by atoms with Crippen LogP contribution >= 0.6 is 23.5 Å². The summed E-state index contributed by atoms with van der Waals surface area (Å²) in [6, 6.07) is 20.8. The predicted octanol–water partition coefficient (Wildman–Crippen LogP) is 6.48. The second kappa shape index (κ2) is 10.0. The van der Waals surface area contributed by atoms with Crippen molar-refractivity contribution in [2.75, 3.05) is 12.5 Å². The number of thioether (sulfide) groups is 2. The summed E-state index contributed by atoms with van der Waals surface area (Å²) in [4.78, 5) is 13.2. The lowest BCUT2D eigenvalue weighted by Crippen LogP contribution is -2.09. The van der Waals surface area contributed by atoms with Crippen LogP contribution in [0, 0.1) is 11.8 Å². The second-order valence-electron chi connectivity index (χ2n) is 6.84. The summed E-state index contributed by atoms with van der Waals surface area (Å²) in [7, 11) is 0. The minimum atomic E-state index is 0.1000. The Bertz CT molecular complexity index is 803. The molecule has 3 heteroatoms. The fourth-order valence-corrected chi connectivity index (χ4v) is 5.42. The van der Waals surface area contributed by atoms with Gasteiger partial charge in [-0.15, -0.1) is 23.5 Å². The van der Waals surface area contributed by atoms with Gasteiger partial charge in [-0.3, -0.25) is 4.79 Å². The SMILES string of the molecule is CSC(SC)=C1C(=O)C(C/C=C/c2ccccc2)CC1Cc1ccccc1. The van der Waals surface area contributed by atoms with Crippen molar-refractivity contribution in [2.45, 2.75) is 19.3 Å². The third-order valence-corrected chi connectivity index (χ3v) is 7.24. The van der Waals surface area contributed by atoms with Gasteiger partial charge in [0.15, 0.2) is 5.78 Å².